The van der Waals surface area contributed by atoms with E-state index in [1.807, 2.05) is 6.92 Å². The van der Waals surface area contributed by atoms with E-state index < -0.39 is 56.9 Å². The van der Waals surface area contributed by atoms with Crippen LogP contribution in [0.3, 0.4) is 0 Å². The van der Waals surface area contributed by atoms with Crippen molar-refractivity contribution in [2.75, 3.05) is 24.5 Å². The topological polar surface area (TPSA) is 96.0 Å². The summed E-state index contributed by atoms with van der Waals surface area (Å²) >= 11 is 5.83. The van der Waals surface area contributed by atoms with Gasteiger partial charge in [-0.25, -0.2) is 8.42 Å². The van der Waals surface area contributed by atoms with Crippen molar-refractivity contribution in [1.82, 2.24) is 10.2 Å². The average molecular weight is 668 g/mol. The molecule has 3 aromatic carbocycles. The molecule has 0 saturated carbocycles. The lowest BCUT2D eigenvalue weighted by Crippen LogP contribution is -2.52. The van der Waals surface area contributed by atoms with Crippen LogP contribution in [-0.4, -0.2) is 51.4 Å². The second-order valence-electron chi connectivity index (χ2n) is 10.4. The number of anilines is 1. The first-order valence-electron chi connectivity index (χ1n) is 14.4. The zero-order valence-corrected chi connectivity index (χ0v) is 27.1. The minimum absolute atomic E-state index is 0.0740. The Morgan fingerprint density at radius 3 is 2.20 bits per heavy atom. The van der Waals surface area contributed by atoms with Crippen molar-refractivity contribution in [3.05, 3.63) is 88.4 Å². The van der Waals surface area contributed by atoms with Gasteiger partial charge in [-0.15, -0.1) is 0 Å². The number of hydrogen-bond donors (Lipinski definition) is 1. The number of nitrogens with zero attached hydrogens (tertiary/aromatic N) is 2. The molecule has 0 saturated heterocycles. The van der Waals surface area contributed by atoms with E-state index in [0.29, 0.717) is 28.2 Å². The molecule has 0 aromatic heterocycles. The van der Waals surface area contributed by atoms with Gasteiger partial charge in [0.1, 0.15) is 18.3 Å². The molecule has 13 heteroatoms. The summed E-state index contributed by atoms with van der Waals surface area (Å²) in [5.41, 5.74) is -0.281. The van der Waals surface area contributed by atoms with Crippen LogP contribution in [0.4, 0.5) is 18.9 Å². The third-order valence-corrected chi connectivity index (χ3v) is 9.28. The predicted molar refractivity (Wildman–Crippen MR) is 168 cm³/mol. The highest BCUT2D eigenvalue weighted by molar-refractivity contribution is 7.92. The number of rotatable bonds is 14. The summed E-state index contributed by atoms with van der Waals surface area (Å²) in [6.07, 6.45) is -3.14. The van der Waals surface area contributed by atoms with Gasteiger partial charge in [-0.05, 0) is 67.8 Å². The van der Waals surface area contributed by atoms with E-state index in [9.17, 15) is 31.2 Å². The number of carbonyl (C=O) groups is 2. The van der Waals surface area contributed by atoms with Crippen molar-refractivity contribution in [1.29, 1.82) is 0 Å². The van der Waals surface area contributed by atoms with Gasteiger partial charge in [0, 0.05) is 13.1 Å². The SMILES string of the molecule is CCCCNC(=O)[C@@H](CC)N(Cc1ccc(OC)cc1)C(=O)CN(c1ccc(Cl)c(C(F)(F)F)c1)S(=O)(=O)c1ccc(C)cc1. The van der Waals surface area contributed by atoms with Gasteiger partial charge in [-0.2, -0.15) is 13.2 Å². The molecule has 0 aliphatic carbocycles. The van der Waals surface area contributed by atoms with Crippen LogP contribution in [0, 0.1) is 6.92 Å². The minimum Gasteiger partial charge on any atom is -0.497 e. The number of benzene rings is 3. The van der Waals surface area contributed by atoms with Gasteiger partial charge >= 0.3 is 6.18 Å². The molecule has 45 heavy (non-hydrogen) atoms. The lowest BCUT2D eigenvalue weighted by atomic mass is 10.1. The lowest BCUT2D eigenvalue weighted by molar-refractivity contribution is -0.140. The van der Waals surface area contributed by atoms with Crippen molar-refractivity contribution < 1.29 is 35.9 Å². The molecule has 1 N–H and O–H groups in total. The fourth-order valence-electron chi connectivity index (χ4n) is 4.61. The molecule has 0 bridgehead atoms. The highest BCUT2D eigenvalue weighted by Gasteiger charge is 2.37. The van der Waals surface area contributed by atoms with E-state index >= 15 is 0 Å². The Kier molecular flexibility index (Phi) is 12.3. The second-order valence-corrected chi connectivity index (χ2v) is 12.7. The summed E-state index contributed by atoms with van der Waals surface area (Å²) in [7, 11) is -3.07. The normalized spacial score (nSPS) is 12.4. The first-order chi connectivity index (χ1) is 21.2. The van der Waals surface area contributed by atoms with Crippen LogP contribution in [0.5, 0.6) is 5.75 Å². The summed E-state index contributed by atoms with van der Waals surface area (Å²) in [6.45, 7) is 4.86. The Hall–Kier alpha value is -3.77. The molecule has 0 unspecified atom stereocenters. The van der Waals surface area contributed by atoms with E-state index in [0.717, 1.165) is 30.5 Å². The Labute approximate surface area is 267 Å². The molecule has 244 valence electrons. The predicted octanol–water partition coefficient (Wildman–Crippen LogP) is 6.59. The van der Waals surface area contributed by atoms with Crippen molar-refractivity contribution >= 4 is 39.1 Å². The van der Waals surface area contributed by atoms with E-state index in [4.69, 9.17) is 16.3 Å². The fraction of sp³-hybridized carbons (Fsp3) is 0.375. The number of ether oxygens (including phenoxy) is 1. The first kappa shape index (κ1) is 35.7. The molecule has 1 atom stereocenters. The fourth-order valence-corrected chi connectivity index (χ4v) is 6.24. The number of hydrogen-bond acceptors (Lipinski definition) is 5. The van der Waals surface area contributed by atoms with E-state index in [1.165, 1.54) is 24.1 Å². The minimum atomic E-state index is -4.89. The molecule has 0 heterocycles. The number of amides is 2. The Bertz CT molecular complexity index is 1570. The van der Waals surface area contributed by atoms with Gasteiger partial charge in [0.15, 0.2) is 0 Å². The van der Waals surface area contributed by atoms with Gasteiger partial charge in [0.2, 0.25) is 11.8 Å². The van der Waals surface area contributed by atoms with Crippen molar-refractivity contribution in [2.24, 2.45) is 0 Å². The van der Waals surface area contributed by atoms with Gasteiger partial charge in [-0.1, -0.05) is 61.7 Å². The third-order valence-electron chi connectivity index (χ3n) is 7.16. The summed E-state index contributed by atoms with van der Waals surface area (Å²) in [5.74, 6) is -0.645. The number of nitrogens with one attached hydrogen (secondary N) is 1. The standard InChI is InChI=1S/C32H37ClF3N3O5S/c1-5-7-18-37-31(41)29(6-2)38(20-23-10-13-25(44-4)14-11-23)30(40)21-39(45(42,43)26-15-8-22(3)9-16-26)24-12-17-28(33)27(19-24)32(34,35)36/h8-17,19,29H,5-7,18,20-21H2,1-4H3,(H,37,41)/t29-/m1/s1. The quantitative estimate of drug-likeness (QED) is 0.196. The van der Waals surface area contributed by atoms with E-state index in [-0.39, 0.29) is 17.9 Å². The monoisotopic (exact) mass is 667 g/mol. The molecule has 3 aromatic rings. The van der Waals surface area contributed by atoms with Gasteiger partial charge in [-0.3, -0.25) is 13.9 Å². The van der Waals surface area contributed by atoms with Crippen LogP contribution in [0.1, 0.15) is 49.8 Å². The van der Waals surface area contributed by atoms with Crippen LogP contribution in [0.15, 0.2) is 71.6 Å². The number of methoxy groups -OCH3 is 1. The third kappa shape index (κ3) is 9.13. The maximum Gasteiger partial charge on any atom is 0.417 e. The van der Waals surface area contributed by atoms with E-state index in [2.05, 4.69) is 5.32 Å². The maximum atomic E-state index is 14.1. The number of halogens is 4. The molecule has 0 fully saturated rings. The maximum absolute atomic E-state index is 14.1. The highest BCUT2D eigenvalue weighted by atomic mass is 35.5. The Balaban J connectivity index is 2.12. The van der Waals surface area contributed by atoms with Crippen molar-refractivity contribution in [3.8, 4) is 5.75 Å². The van der Waals surface area contributed by atoms with Gasteiger partial charge in [0.05, 0.1) is 28.3 Å². The molecule has 0 radical (unpaired) electrons. The lowest BCUT2D eigenvalue weighted by Gasteiger charge is -2.33. The van der Waals surface area contributed by atoms with Crippen molar-refractivity contribution in [2.45, 2.75) is 63.7 Å². The molecule has 8 nitrogen and oxygen atoms in total. The van der Waals surface area contributed by atoms with Crippen LogP contribution >= 0.6 is 11.6 Å². The zero-order valence-electron chi connectivity index (χ0n) is 25.5. The van der Waals surface area contributed by atoms with Crippen LogP contribution in [-0.2, 0) is 32.3 Å². The highest BCUT2D eigenvalue weighted by Crippen LogP contribution is 2.38. The second kappa shape index (κ2) is 15.5. The number of alkyl halides is 3. The number of aryl methyl sites for hydroxylation is 1. The van der Waals surface area contributed by atoms with Crippen molar-refractivity contribution in [3.63, 3.8) is 0 Å². The number of carbonyl (C=O) groups excluding carboxylic acids is 2. The van der Waals surface area contributed by atoms with E-state index in [1.54, 1.807) is 50.2 Å². The molecule has 2 amide bonds. The van der Waals surface area contributed by atoms with Gasteiger partial charge in [0.25, 0.3) is 10.0 Å². The Morgan fingerprint density at radius 2 is 1.64 bits per heavy atom. The molecule has 0 spiro atoms. The molecule has 0 aliphatic rings. The average Bonchev–Trinajstić information content (AvgIpc) is 3.00. The Morgan fingerprint density at radius 1 is 1.00 bits per heavy atom. The zero-order chi connectivity index (χ0) is 33.4. The summed E-state index contributed by atoms with van der Waals surface area (Å²) in [4.78, 5) is 28.4. The summed E-state index contributed by atoms with van der Waals surface area (Å²) < 4.78 is 75.3. The smallest absolute Gasteiger partial charge is 0.417 e. The summed E-state index contributed by atoms with van der Waals surface area (Å²) in [5, 5.41) is 2.20. The van der Waals surface area contributed by atoms with Gasteiger partial charge < -0.3 is 15.0 Å². The number of unbranched alkanes of at least 4 members (excludes halogenated alkanes) is 1. The molecule has 3 rings (SSSR count). The van der Waals surface area contributed by atoms with Crippen LogP contribution in [0.25, 0.3) is 0 Å². The first-order valence-corrected chi connectivity index (χ1v) is 16.2. The van der Waals surface area contributed by atoms with Crippen LogP contribution in [0.2, 0.25) is 5.02 Å². The summed E-state index contributed by atoms with van der Waals surface area (Å²) in [6, 6.07) is 14.1. The molecular formula is C32H37ClF3N3O5S. The largest absolute Gasteiger partial charge is 0.497 e. The molecular weight excluding hydrogens is 631 g/mol. The number of sulfonamides is 1. The van der Waals surface area contributed by atoms with Crippen LogP contribution < -0.4 is 14.4 Å². The molecule has 0 aliphatic heterocycles.